The molecule has 0 radical (unpaired) electrons. The lowest BCUT2D eigenvalue weighted by molar-refractivity contribution is 0.373. The van der Waals surface area contributed by atoms with Crippen LogP contribution in [0.3, 0.4) is 0 Å². The van der Waals surface area contributed by atoms with Gasteiger partial charge in [-0.1, -0.05) is 61.1 Å². The van der Waals surface area contributed by atoms with Gasteiger partial charge in [-0.2, -0.15) is 4.98 Å². The van der Waals surface area contributed by atoms with Gasteiger partial charge in [0.15, 0.2) is 11.6 Å². The Balaban J connectivity index is 1.71. The van der Waals surface area contributed by atoms with Crippen molar-refractivity contribution in [3.63, 3.8) is 0 Å². The molecule has 0 saturated carbocycles. The van der Waals surface area contributed by atoms with Gasteiger partial charge in [0.2, 0.25) is 11.0 Å². The number of nitrogens with zero attached hydrogens (tertiary/aromatic N) is 4. The van der Waals surface area contributed by atoms with Crippen LogP contribution in [0.25, 0.3) is 11.4 Å². The largest absolute Gasteiger partial charge is 0.338 e. The van der Waals surface area contributed by atoms with Gasteiger partial charge in [0.05, 0.1) is 5.25 Å². The second kappa shape index (κ2) is 6.31. The topological polar surface area (TPSA) is 80.5 Å². The second-order valence-corrected chi connectivity index (χ2v) is 6.55. The molecule has 22 heavy (non-hydrogen) atoms. The van der Waals surface area contributed by atoms with Crippen LogP contribution in [0.1, 0.15) is 43.7 Å². The number of hydrogen-bond acceptors (Lipinski definition) is 6. The second-order valence-electron chi connectivity index (χ2n) is 5.24. The summed E-state index contributed by atoms with van der Waals surface area (Å²) in [6, 6.07) is 9.90. The zero-order valence-electron chi connectivity index (χ0n) is 12.6. The molecule has 2 heterocycles. The highest BCUT2D eigenvalue weighted by Crippen LogP contribution is 2.32. The van der Waals surface area contributed by atoms with Crippen LogP contribution >= 0.6 is 11.8 Å². The van der Waals surface area contributed by atoms with Gasteiger partial charge in [0.1, 0.15) is 0 Å². The molecule has 1 N–H and O–H groups in total. The molecule has 1 aromatic carbocycles. The molecule has 0 bridgehead atoms. The normalized spacial score (nSPS) is 12.7. The van der Waals surface area contributed by atoms with E-state index in [1.807, 2.05) is 51.1 Å². The predicted molar refractivity (Wildman–Crippen MR) is 84.5 cm³/mol. The van der Waals surface area contributed by atoms with Crippen LogP contribution in [0.5, 0.6) is 0 Å². The van der Waals surface area contributed by atoms with Crippen molar-refractivity contribution in [2.75, 3.05) is 0 Å². The molecule has 0 fully saturated rings. The van der Waals surface area contributed by atoms with E-state index in [4.69, 9.17) is 4.52 Å². The maximum atomic E-state index is 5.30. The Bertz CT molecular complexity index is 737. The van der Waals surface area contributed by atoms with Gasteiger partial charge in [-0.15, -0.1) is 5.10 Å². The first-order valence-corrected chi connectivity index (χ1v) is 7.99. The number of hydrogen-bond donors (Lipinski definition) is 1. The Morgan fingerprint density at radius 2 is 1.86 bits per heavy atom. The summed E-state index contributed by atoms with van der Waals surface area (Å²) >= 11 is 1.49. The van der Waals surface area contributed by atoms with Crippen molar-refractivity contribution in [3.8, 4) is 11.4 Å². The van der Waals surface area contributed by atoms with Gasteiger partial charge in [-0.25, -0.2) is 4.98 Å². The van der Waals surface area contributed by atoms with E-state index >= 15 is 0 Å². The standard InChI is InChI=1S/C15H17N5OS/c1-9(2)12-16-14(21-20-12)10(3)22-15-17-13(18-19-15)11-7-5-4-6-8-11/h4-10H,1-3H3,(H,17,18,19)/t10-/m1/s1. The first-order valence-electron chi connectivity index (χ1n) is 7.11. The van der Waals surface area contributed by atoms with Crippen LogP contribution in [0.4, 0.5) is 0 Å². The van der Waals surface area contributed by atoms with Crippen LogP contribution in [0.15, 0.2) is 40.0 Å². The van der Waals surface area contributed by atoms with Crippen LogP contribution < -0.4 is 0 Å². The maximum absolute atomic E-state index is 5.30. The Kier molecular flexibility index (Phi) is 4.24. The van der Waals surface area contributed by atoms with Gasteiger partial charge >= 0.3 is 0 Å². The van der Waals surface area contributed by atoms with E-state index in [0.29, 0.717) is 11.0 Å². The molecule has 0 unspecified atom stereocenters. The summed E-state index contributed by atoms with van der Waals surface area (Å²) in [4.78, 5) is 8.90. The molecule has 7 heteroatoms. The van der Waals surface area contributed by atoms with Crippen molar-refractivity contribution < 1.29 is 4.52 Å². The lowest BCUT2D eigenvalue weighted by Gasteiger charge is -2.01. The number of thioether (sulfide) groups is 1. The van der Waals surface area contributed by atoms with Crippen molar-refractivity contribution in [3.05, 3.63) is 42.0 Å². The summed E-state index contributed by atoms with van der Waals surface area (Å²) in [6.07, 6.45) is 0. The molecular weight excluding hydrogens is 298 g/mol. The van der Waals surface area contributed by atoms with Crippen molar-refractivity contribution in [1.29, 1.82) is 0 Å². The number of aromatic nitrogens is 5. The monoisotopic (exact) mass is 315 g/mol. The number of H-pyrrole nitrogens is 1. The highest BCUT2D eigenvalue weighted by Gasteiger charge is 2.19. The maximum Gasteiger partial charge on any atom is 0.239 e. The minimum atomic E-state index is -0.000534. The highest BCUT2D eigenvalue weighted by atomic mass is 32.2. The zero-order valence-corrected chi connectivity index (χ0v) is 13.5. The number of benzene rings is 1. The Morgan fingerprint density at radius 3 is 2.55 bits per heavy atom. The van der Waals surface area contributed by atoms with Gasteiger partial charge < -0.3 is 4.52 Å². The van der Waals surface area contributed by atoms with Crippen LogP contribution in [-0.4, -0.2) is 25.3 Å². The van der Waals surface area contributed by atoms with E-state index in [1.165, 1.54) is 11.8 Å². The Morgan fingerprint density at radius 1 is 1.09 bits per heavy atom. The SMILES string of the molecule is CC(C)c1noc([C@@H](C)Sc2n[nH]c(-c3ccccc3)n2)n1. The predicted octanol–water partition coefficient (Wildman–Crippen LogP) is 3.83. The fourth-order valence-corrected chi connectivity index (χ4v) is 2.63. The van der Waals surface area contributed by atoms with Gasteiger partial charge in [0.25, 0.3) is 0 Å². The smallest absolute Gasteiger partial charge is 0.239 e. The summed E-state index contributed by atoms with van der Waals surface area (Å²) in [5.74, 6) is 2.33. The lowest BCUT2D eigenvalue weighted by Crippen LogP contribution is -1.93. The van der Waals surface area contributed by atoms with E-state index in [0.717, 1.165) is 17.2 Å². The number of rotatable bonds is 5. The molecule has 114 valence electrons. The van der Waals surface area contributed by atoms with E-state index < -0.39 is 0 Å². The summed E-state index contributed by atoms with van der Waals surface area (Å²) in [5, 5.41) is 11.8. The summed E-state index contributed by atoms with van der Waals surface area (Å²) in [6.45, 7) is 6.07. The summed E-state index contributed by atoms with van der Waals surface area (Å²) < 4.78 is 5.30. The van der Waals surface area contributed by atoms with Crippen molar-refractivity contribution in [2.24, 2.45) is 0 Å². The third-order valence-electron chi connectivity index (χ3n) is 3.12. The number of nitrogens with one attached hydrogen (secondary N) is 1. The molecule has 0 amide bonds. The summed E-state index contributed by atoms with van der Waals surface area (Å²) in [7, 11) is 0. The van der Waals surface area contributed by atoms with E-state index in [9.17, 15) is 0 Å². The van der Waals surface area contributed by atoms with Crippen LogP contribution in [-0.2, 0) is 0 Å². The lowest BCUT2D eigenvalue weighted by atomic mass is 10.2. The third kappa shape index (κ3) is 3.19. The average Bonchev–Trinajstić information content (AvgIpc) is 3.17. The molecule has 0 aliphatic carbocycles. The van der Waals surface area contributed by atoms with Gasteiger partial charge in [-0.3, -0.25) is 5.10 Å². The highest BCUT2D eigenvalue weighted by molar-refractivity contribution is 7.99. The van der Waals surface area contributed by atoms with Crippen molar-refractivity contribution in [2.45, 2.75) is 37.1 Å². The molecule has 0 spiro atoms. The van der Waals surface area contributed by atoms with E-state index in [-0.39, 0.29) is 11.2 Å². The average molecular weight is 315 g/mol. The van der Waals surface area contributed by atoms with Crippen molar-refractivity contribution in [1.82, 2.24) is 25.3 Å². The van der Waals surface area contributed by atoms with Gasteiger partial charge in [0, 0.05) is 11.5 Å². The fraction of sp³-hybridized carbons (Fsp3) is 0.333. The molecule has 3 rings (SSSR count). The molecular formula is C15H17N5OS. The number of aromatic amines is 1. The molecule has 0 aliphatic rings. The van der Waals surface area contributed by atoms with E-state index in [1.54, 1.807) is 0 Å². The molecule has 1 atom stereocenters. The molecule has 2 aromatic heterocycles. The first kappa shape index (κ1) is 14.8. The minimum Gasteiger partial charge on any atom is -0.338 e. The zero-order chi connectivity index (χ0) is 15.5. The molecule has 0 aliphatic heterocycles. The fourth-order valence-electron chi connectivity index (χ4n) is 1.88. The third-order valence-corrected chi connectivity index (χ3v) is 4.06. The molecule has 6 nitrogen and oxygen atoms in total. The van der Waals surface area contributed by atoms with Crippen LogP contribution in [0.2, 0.25) is 0 Å². The minimum absolute atomic E-state index is 0.000534. The van der Waals surface area contributed by atoms with Gasteiger partial charge in [-0.05, 0) is 6.92 Å². The quantitative estimate of drug-likeness (QED) is 0.721. The van der Waals surface area contributed by atoms with Crippen molar-refractivity contribution >= 4 is 11.8 Å². The summed E-state index contributed by atoms with van der Waals surface area (Å²) in [5.41, 5.74) is 1.01. The Hall–Kier alpha value is -2.15. The molecule has 3 aromatic rings. The first-order chi connectivity index (χ1) is 10.6. The van der Waals surface area contributed by atoms with E-state index in [2.05, 4.69) is 25.3 Å². The molecule has 0 saturated heterocycles. The Labute approximate surface area is 132 Å². The van der Waals surface area contributed by atoms with Crippen LogP contribution in [0, 0.1) is 0 Å².